The molecule has 0 spiro atoms. The summed E-state index contributed by atoms with van der Waals surface area (Å²) in [4.78, 5) is 99.0. The van der Waals surface area contributed by atoms with Crippen molar-refractivity contribution >= 4 is 99.1 Å². The first-order valence-electron chi connectivity index (χ1n) is 25.4. The third-order valence-electron chi connectivity index (χ3n) is 10.4. The minimum absolute atomic E-state index is 0.157. The molecule has 6 N–H and O–H groups in total. The normalized spacial score (nSPS) is 10.6. The molecule has 1 aliphatic heterocycles. The summed E-state index contributed by atoms with van der Waals surface area (Å²) in [6, 6.07) is 20.4. The molecule has 0 bridgehead atoms. The number of nitrogens with two attached hydrogens (primary N) is 1. The Labute approximate surface area is 531 Å². The third kappa shape index (κ3) is 26.8. The first kappa shape index (κ1) is 73.4. The van der Waals surface area contributed by atoms with Gasteiger partial charge in [0.05, 0.1) is 79.7 Å². The number of nitrogens with zero attached hydrogens (tertiary/aromatic N) is 12. The maximum Gasteiger partial charge on any atom is 0.341 e. The van der Waals surface area contributed by atoms with E-state index in [1.54, 1.807) is 94.7 Å². The van der Waals surface area contributed by atoms with E-state index in [2.05, 4.69) is 86.2 Å². The van der Waals surface area contributed by atoms with E-state index < -0.39 is 29.3 Å². The zero-order valence-electron chi connectivity index (χ0n) is 48.8. The number of cyclic esters (lactones) is 2. The molecule has 1 aliphatic rings. The Morgan fingerprint density at radius 3 is 1.43 bits per heavy atom. The van der Waals surface area contributed by atoms with Crippen molar-refractivity contribution in [2.75, 3.05) is 18.2 Å². The van der Waals surface area contributed by atoms with Crippen LogP contribution in [0.4, 0.5) is 11.4 Å². The van der Waals surface area contributed by atoms with Crippen LogP contribution >= 0.6 is 46.4 Å². The summed E-state index contributed by atoms with van der Waals surface area (Å²) in [5, 5.41) is 59.8. The molecule has 28 nitrogen and oxygen atoms in total. The molecule has 90 heavy (non-hydrogen) atoms. The number of ether oxygens (including phenoxy) is 2. The molecule has 7 aromatic heterocycles. The number of hydrogen-bond donors (Lipinski definition) is 5. The number of carbonyl (C=O) groups is 7. The maximum absolute atomic E-state index is 12.6. The average Bonchev–Trinajstić information content (AvgIpc) is 1.39. The number of nitrogen functional groups attached to an aromatic ring is 1. The second-order valence-electron chi connectivity index (χ2n) is 18.5. The molecule has 466 valence electrons. The topological polar surface area (TPSA) is 417 Å². The molecule has 2 aromatic carbocycles. The van der Waals surface area contributed by atoms with E-state index in [1.807, 2.05) is 19.9 Å². The van der Waals surface area contributed by atoms with Crippen molar-refractivity contribution in [2.24, 2.45) is 5.41 Å². The van der Waals surface area contributed by atoms with E-state index in [9.17, 15) is 43.2 Å². The number of ketones is 2. The molecule has 1 amide bonds. The highest BCUT2D eigenvalue weighted by atomic mass is 35.5. The van der Waals surface area contributed by atoms with Gasteiger partial charge in [0, 0.05) is 72.9 Å². The lowest BCUT2D eigenvalue weighted by atomic mass is 9.95. The summed E-state index contributed by atoms with van der Waals surface area (Å²) in [6.45, 7) is 12.3. The number of H-pyrrole nitrogens is 2. The summed E-state index contributed by atoms with van der Waals surface area (Å²) in [5.41, 5.74) is 10.3. The minimum atomic E-state index is -0.982. The molecule has 10 rings (SSSR count). The van der Waals surface area contributed by atoms with E-state index >= 15 is 0 Å². The van der Waals surface area contributed by atoms with Crippen molar-refractivity contribution in [2.45, 2.75) is 48.5 Å². The summed E-state index contributed by atoms with van der Waals surface area (Å²) in [6.07, 6.45) is 15.5. The second kappa shape index (κ2) is 37.7. The van der Waals surface area contributed by atoms with Crippen LogP contribution in [0.15, 0.2) is 162 Å². The molecular formula is C58H54Cl4N16O12. The van der Waals surface area contributed by atoms with Gasteiger partial charge < -0.3 is 25.6 Å². The number of amides is 1. The van der Waals surface area contributed by atoms with Crippen LogP contribution in [0.5, 0.6) is 0 Å². The molecule has 0 saturated carbocycles. The van der Waals surface area contributed by atoms with Crippen LogP contribution in [0.3, 0.4) is 0 Å². The number of aromatic amines is 2. The highest BCUT2D eigenvalue weighted by Crippen LogP contribution is 2.26. The van der Waals surface area contributed by atoms with Gasteiger partial charge in [-0.1, -0.05) is 67.2 Å². The van der Waals surface area contributed by atoms with Gasteiger partial charge in [-0.2, -0.15) is 51.0 Å². The highest BCUT2D eigenvalue weighted by Gasteiger charge is 2.24. The van der Waals surface area contributed by atoms with Crippen LogP contribution in [0.25, 0.3) is 0 Å². The lowest BCUT2D eigenvalue weighted by Gasteiger charge is -2.19. The number of hydrogen-bond acceptors (Lipinski definition) is 24. The molecule has 8 heterocycles. The van der Waals surface area contributed by atoms with Crippen molar-refractivity contribution in [1.29, 1.82) is 0 Å². The highest BCUT2D eigenvalue weighted by molar-refractivity contribution is 6.32. The number of halogens is 4. The van der Waals surface area contributed by atoms with Gasteiger partial charge in [0.15, 0.2) is 21.9 Å². The monoisotopic (exact) mass is 1310 g/mol. The fraction of sp³-hybridized carbons (Fsp3) is 0.155. The van der Waals surface area contributed by atoms with E-state index in [-0.39, 0.29) is 34.2 Å². The van der Waals surface area contributed by atoms with Gasteiger partial charge in [0.25, 0.3) is 11.1 Å². The maximum atomic E-state index is 12.6. The fourth-order valence-corrected chi connectivity index (χ4v) is 6.34. The average molecular weight is 1310 g/mol. The third-order valence-corrected chi connectivity index (χ3v) is 11.5. The minimum Gasteiger partial charge on any atom is -0.478 e. The molecule has 32 heteroatoms. The smallest absolute Gasteiger partial charge is 0.341 e. The number of anilines is 2. The Bertz CT molecular complexity index is 4020. The zero-order valence-corrected chi connectivity index (χ0v) is 51.8. The molecular weight excluding hydrogens is 1250 g/mol. The van der Waals surface area contributed by atoms with Crippen LogP contribution in [-0.2, 0) is 23.9 Å². The number of methoxy groups -OCH3 is 1. The summed E-state index contributed by atoms with van der Waals surface area (Å²) >= 11 is 22.8. The van der Waals surface area contributed by atoms with Gasteiger partial charge in [-0.05, 0) is 112 Å². The SMILES string of the molecule is CC(C)(C)C(=O)Nc1ccc(Cl)cc1C(=O)c1ccnnc1.CC1=CC(=O)OC1=O.COC(=O)c1ccnnc1.Cc1cc(=O)[nH][nH]c1=O.Cc1cc(Cl)nnc1Cl.Cc1ccnnc1.Nc1ccc(Cl)cc1C(=O)c1ccnnc1.O=C(O)c1ccnnc1. The number of carbonyl (C=O) groups excluding carboxylic acids is 6. The zero-order chi connectivity index (χ0) is 66.9. The molecule has 0 aliphatic carbocycles. The summed E-state index contributed by atoms with van der Waals surface area (Å²) < 4.78 is 8.53. The molecule has 0 atom stereocenters. The van der Waals surface area contributed by atoms with Crippen LogP contribution in [0, 0.1) is 26.2 Å². The Hall–Kier alpha value is -10.8. The number of esters is 3. The van der Waals surface area contributed by atoms with Crippen molar-refractivity contribution in [1.82, 2.24) is 71.4 Å². The molecule has 9 aromatic rings. The standard InChI is InChI=1S/C16H16ClN3O2.C11H8ClN3O.C6H6N2O2.C5H4Cl2N2.C5H6N2O2.C5H4N2O2.C5H6N2.C5H4O3/c1-16(2,3)15(22)20-13-5-4-11(17)8-12(13)14(21)10-6-7-18-19-9-10;12-8-1-2-10(13)9(5-8)11(16)7-3-4-14-15-6-7;1-10-6(9)5-2-3-7-8-4-5;1-3-2-4(6)8-9-5(3)7;1-3-2-4(8)6-7-5(3)9;8-5(9)4-1-2-6-7-3-4;1-5-2-3-6-7-4-5;1-3-2-4(6)8-5(3)7/h4-9H,1-3H3,(H,20,22);1-6H,13H2;2-4H,1H3;2H,1H3;2H,1H3,(H,6,8)(H,7,9);1-3H,(H,8,9);2-4H,1H3;2H,1H3. The van der Waals surface area contributed by atoms with Crippen molar-refractivity contribution in [3.63, 3.8) is 0 Å². The van der Waals surface area contributed by atoms with Gasteiger partial charge in [0.1, 0.15) is 0 Å². The lowest BCUT2D eigenvalue weighted by Crippen LogP contribution is -2.28. The van der Waals surface area contributed by atoms with E-state index in [4.69, 9.17) is 57.2 Å². The predicted octanol–water partition coefficient (Wildman–Crippen LogP) is 7.99. The molecule has 0 fully saturated rings. The first-order valence-corrected chi connectivity index (χ1v) is 26.9. The number of aryl methyl sites for hydroxylation is 3. The van der Waals surface area contributed by atoms with Crippen LogP contribution in [0.2, 0.25) is 20.4 Å². The molecule has 0 saturated heterocycles. The Balaban J connectivity index is 0.000000278. The second-order valence-corrected chi connectivity index (χ2v) is 20.1. The predicted molar refractivity (Wildman–Crippen MR) is 330 cm³/mol. The number of aromatic nitrogens is 14. The van der Waals surface area contributed by atoms with Crippen LogP contribution in [0.1, 0.15) is 96.9 Å². The number of carboxylic acid groups (broad SMARTS) is 1. The van der Waals surface area contributed by atoms with Crippen LogP contribution in [-0.4, -0.2) is 125 Å². The summed E-state index contributed by atoms with van der Waals surface area (Å²) in [5.74, 6) is -3.14. The lowest BCUT2D eigenvalue weighted by molar-refractivity contribution is -0.150. The van der Waals surface area contributed by atoms with Gasteiger partial charge in [-0.3, -0.25) is 34.2 Å². The van der Waals surface area contributed by atoms with Gasteiger partial charge in [-0.15, -0.1) is 10.2 Å². The van der Waals surface area contributed by atoms with E-state index in [0.717, 1.165) is 11.1 Å². The number of nitrogens with one attached hydrogen (secondary N) is 3. The van der Waals surface area contributed by atoms with Gasteiger partial charge >= 0.3 is 23.9 Å². The number of rotatable bonds is 7. The number of aromatic carboxylic acids is 1. The van der Waals surface area contributed by atoms with Gasteiger partial charge in [-0.25, -0.2) is 19.2 Å². The van der Waals surface area contributed by atoms with E-state index in [1.165, 1.54) is 87.9 Å². The van der Waals surface area contributed by atoms with E-state index in [0.29, 0.717) is 70.7 Å². The largest absolute Gasteiger partial charge is 0.478 e. The fourth-order valence-electron chi connectivity index (χ4n) is 5.70. The van der Waals surface area contributed by atoms with Gasteiger partial charge in [0.2, 0.25) is 5.91 Å². The summed E-state index contributed by atoms with van der Waals surface area (Å²) in [7, 11) is 1.32. The first-order chi connectivity index (χ1) is 42.6. The molecule has 0 unspecified atom stereocenters. The van der Waals surface area contributed by atoms with Crippen molar-refractivity contribution < 1.29 is 48.1 Å². The Morgan fingerprint density at radius 2 is 1.07 bits per heavy atom. The molecule has 0 radical (unpaired) electrons. The number of benzene rings is 2. The number of carboxylic acids is 1. The Morgan fingerprint density at radius 1 is 0.578 bits per heavy atom. The Kier molecular flexibility index (Phi) is 30.8. The van der Waals surface area contributed by atoms with Crippen molar-refractivity contribution in [3.8, 4) is 0 Å². The van der Waals surface area contributed by atoms with Crippen LogP contribution < -0.4 is 22.2 Å². The van der Waals surface area contributed by atoms with Crippen molar-refractivity contribution in [3.05, 3.63) is 244 Å². The quantitative estimate of drug-likeness (QED) is 0.0436.